The zero-order valence-corrected chi connectivity index (χ0v) is 67.8. The van der Waals surface area contributed by atoms with Crippen molar-refractivity contribution in [1.29, 1.82) is 0 Å². The van der Waals surface area contributed by atoms with Gasteiger partial charge in [0, 0.05) is 141 Å². The van der Waals surface area contributed by atoms with E-state index in [1.807, 2.05) is 79.4 Å². The molecule has 0 aliphatic carbocycles. The fourth-order valence-corrected chi connectivity index (χ4v) is 23.1. The summed E-state index contributed by atoms with van der Waals surface area (Å²) in [5.41, 5.74) is 19.0. The Bertz CT molecular complexity index is 6620. The molecule has 0 saturated carbocycles. The number of hydrogen-bond donors (Lipinski definition) is 0. The molecule has 21 rings (SSSR count). The maximum absolute atomic E-state index is 2.29. The standard InChI is InChI=1S/7C14H12S/c1-9-5-4-8-12-13(9)11-7-3-6-10(2)14(11)15-12;1-9-4-6-13-12(7-9)11-5-3-10(2)8-14(11)15-13;1-9-3-5-13-11(7-9)12-8-10(2)4-6-14(12)15-13;1-9-3-5-11-12-6-4-10(2)8-14(12)15-13(11)7-9;1-9-5-3-7-11-13(9)14-10(2)6-4-8-12(14)15-11;1-9-6-7-12-11(8-9)14-10(2)4-3-5-13(14)15-12;1-9-6-7-11-13(8-9)15-12-5-3-4-10(2)14(11)12/h7*3-8H,1-2H3. The third-order valence-electron chi connectivity index (χ3n) is 19.9. The van der Waals surface area contributed by atoms with Crippen molar-refractivity contribution in [3.05, 3.63) is 333 Å². The van der Waals surface area contributed by atoms with Crippen molar-refractivity contribution in [2.75, 3.05) is 0 Å². The van der Waals surface area contributed by atoms with E-state index in [2.05, 4.69) is 352 Å². The molecule has 14 aromatic carbocycles. The summed E-state index contributed by atoms with van der Waals surface area (Å²) >= 11 is 13.2. The maximum atomic E-state index is 2.29. The molecule has 0 spiro atoms. The minimum atomic E-state index is 1.34. The molecule has 0 radical (unpaired) electrons. The van der Waals surface area contributed by atoms with Gasteiger partial charge in [0.1, 0.15) is 0 Å². The van der Waals surface area contributed by atoms with E-state index in [0.717, 1.165) is 0 Å². The van der Waals surface area contributed by atoms with Crippen LogP contribution in [0.5, 0.6) is 0 Å². The highest BCUT2D eigenvalue weighted by atomic mass is 32.1. The first-order chi connectivity index (χ1) is 50.8. The summed E-state index contributed by atoms with van der Waals surface area (Å²) in [6.07, 6.45) is 0. The maximum Gasteiger partial charge on any atom is 0.0384 e. The van der Waals surface area contributed by atoms with E-state index in [1.54, 1.807) is 0 Å². The van der Waals surface area contributed by atoms with Gasteiger partial charge in [0.05, 0.1) is 0 Å². The number of benzene rings is 14. The quantitative estimate of drug-likeness (QED) is 0.142. The van der Waals surface area contributed by atoms with Gasteiger partial charge in [-0.3, -0.25) is 0 Å². The molecule has 0 saturated heterocycles. The molecule has 0 unspecified atom stereocenters. The molecule has 0 atom stereocenters. The lowest BCUT2D eigenvalue weighted by Gasteiger charge is -1.99. The van der Waals surface area contributed by atoms with Crippen LogP contribution in [0.15, 0.2) is 255 Å². The molecule has 0 N–H and O–H groups in total. The molecule has 7 heterocycles. The van der Waals surface area contributed by atoms with Crippen molar-refractivity contribution < 1.29 is 0 Å². The van der Waals surface area contributed by atoms with Crippen LogP contribution in [0, 0.1) is 96.9 Å². The van der Waals surface area contributed by atoms with E-state index in [9.17, 15) is 0 Å². The van der Waals surface area contributed by atoms with E-state index in [0.29, 0.717) is 0 Å². The summed E-state index contributed by atoms with van der Waals surface area (Å²) in [5.74, 6) is 0. The second kappa shape index (κ2) is 30.2. The first-order valence-electron chi connectivity index (χ1n) is 36.0. The van der Waals surface area contributed by atoms with Gasteiger partial charge in [-0.1, -0.05) is 174 Å². The molecule has 518 valence electrons. The summed E-state index contributed by atoms with van der Waals surface area (Å²) in [5, 5.41) is 19.8. The third-order valence-corrected chi connectivity index (χ3v) is 28.0. The number of hydrogen-bond acceptors (Lipinski definition) is 7. The number of fused-ring (bicyclic) bond motifs is 21. The zero-order valence-electron chi connectivity index (χ0n) is 62.1. The van der Waals surface area contributed by atoms with E-state index in [1.165, 1.54) is 219 Å². The smallest absolute Gasteiger partial charge is 0.0384 e. The van der Waals surface area contributed by atoms with Gasteiger partial charge in [-0.2, -0.15) is 0 Å². The van der Waals surface area contributed by atoms with Gasteiger partial charge in [0.2, 0.25) is 0 Å². The molecule has 21 aromatic rings. The zero-order chi connectivity index (χ0) is 72.9. The van der Waals surface area contributed by atoms with Gasteiger partial charge < -0.3 is 0 Å². The summed E-state index contributed by atoms with van der Waals surface area (Å²) in [4.78, 5) is 0. The number of thiophene rings is 7. The Morgan fingerprint density at radius 3 is 0.810 bits per heavy atom. The molecule has 105 heavy (non-hydrogen) atoms. The predicted octanol–water partition coefficient (Wildman–Crippen LogP) is 32.7. The molecule has 0 aliphatic rings. The highest BCUT2D eigenvalue weighted by Gasteiger charge is 2.13. The van der Waals surface area contributed by atoms with Crippen LogP contribution in [-0.2, 0) is 0 Å². The molecule has 7 heteroatoms. The van der Waals surface area contributed by atoms with Gasteiger partial charge in [-0.15, -0.1) is 79.4 Å². The van der Waals surface area contributed by atoms with E-state index in [-0.39, 0.29) is 0 Å². The Kier molecular flexibility index (Phi) is 20.5. The largest absolute Gasteiger partial charge is 0.135 e. The van der Waals surface area contributed by atoms with Crippen LogP contribution in [0.25, 0.3) is 141 Å². The van der Waals surface area contributed by atoms with E-state index in [4.69, 9.17) is 0 Å². The Morgan fingerprint density at radius 2 is 0.381 bits per heavy atom. The van der Waals surface area contributed by atoms with E-state index < -0.39 is 0 Å². The first kappa shape index (κ1) is 71.2. The van der Waals surface area contributed by atoms with Crippen molar-refractivity contribution in [2.24, 2.45) is 0 Å². The van der Waals surface area contributed by atoms with E-state index >= 15 is 0 Å². The lowest BCUT2D eigenvalue weighted by Crippen LogP contribution is -1.76. The van der Waals surface area contributed by atoms with Crippen molar-refractivity contribution in [3.63, 3.8) is 0 Å². The summed E-state index contributed by atoms with van der Waals surface area (Å²) in [6.45, 7) is 30.3. The molecule has 0 bridgehead atoms. The molecule has 0 nitrogen and oxygen atoms in total. The summed E-state index contributed by atoms with van der Waals surface area (Å²) in [6, 6.07) is 92.9. The van der Waals surface area contributed by atoms with Gasteiger partial charge in [-0.25, -0.2) is 0 Å². The summed E-state index contributed by atoms with van der Waals surface area (Å²) in [7, 11) is 0. The molecule has 0 amide bonds. The minimum absolute atomic E-state index is 1.34. The topological polar surface area (TPSA) is 0 Å². The first-order valence-corrected chi connectivity index (χ1v) is 41.7. The lowest BCUT2D eigenvalue weighted by molar-refractivity contribution is 1.51. The predicted molar refractivity (Wildman–Crippen MR) is 482 cm³/mol. The van der Waals surface area contributed by atoms with Crippen molar-refractivity contribution >= 4 is 221 Å². The normalized spacial score (nSPS) is 11.3. The summed E-state index contributed by atoms with van der Waals surface area (Å²) < 4.78 is 19.6. The Morgan fingerprint density at radius 1 is 0.143 bits per heavy atom. The second-order valence-electron chi connectivity index (χ2n) is 28.4. The molecular weight excluding hydrogens is 1400 g/mol. The van der Waals surface area contributed by atoms with Crippen LogP contribution in [0.3, 0.4) is 0 Å². The van der Waals surface area contributed by atoms with Gasteiger partial charge in [-0.05, 0) is 256 Å². The van der Waals surface area contributed by atoms with Crippen LogP contribution in [-0.4, -0.2) is 0 Å². The van der Waals surface area contributed by atoms with Crippen molar-refractivity contribution in [3.8, 4) is 0 Å². The number of aryl methyl sites for hydroxylation is 14. The van der Waals surface area contributed by atoms with Crippen molar-refractivity contribution in [1.82, 2.24) is 0 Å². The number of rotatable bonds is 0. The monoisotopic (exact) mass is 1480 g/mol. The van der Waals surface area contributed by atoms with Gasteiger partial charge >= 0.3 is 0 Å². The Hall–Kier alpha value is -9.38. The van der Waals surface area contributed by atoms with Crippen LogP contribution < -0.4 is 0 Å². The third kappa shape index (κ3) is 14.7. The average molecular weight is 1490 g/mol. The highest BCUT2D eigenvalue weighted by molar-refractivity contribution is 7.28. The van der Waals surface area contributed by atoms with Crippen LogP contribution in [0.1, 0.15) is 77.9 Å². The van der Waals surface area contributed by atoms with Crippen molar-refractivity contribution in [2.45, 2.75) is 96.9 Å². The average Bonchev–Trinajstić information content (AvgIpc) is 1.64. The van der Waals surface area contributed by atoms with Crippen LogP contribution in [0.4, 0.5) is 0 Å². The second-order valence-corrected chi connectivity index (χ2v) is 36.0. The Labute approximate surface area is 644 Å². The lowest BCUT2D eigenvalue weighted by atomic mass is 10.0. The fraction of sp³-hybridized carbons (Fsp3) is 0.143. The van der Waals surface area contributed by atoms with Crippen LogP contribution >= 0.6 is 79.4 Å². The van der Waals surface area contributed by atoms with Gasteiger partial charge in [0.25, 0.3) is 0 Å². The fourth-order valence-electron chi connectivity index (χ4n) is 14.6. The minimum Gasteiger partial charge on any atom is -0.135 e. The SMILES string of the molecule is Cc1ccc2c(c1)sc1cc(C)ccc12.Cc1ccc2c(c1)sc1ccc(C)cc12.Cc1ccc2c(c1)sc1cccc(C)c12.Cc1ccc2sc3ccc(C)cc3c2c1.Cc1ccc2sc3cccc(C)c3c2c1.Cc1cccc2c1sc1cccc(C)c12.Cc1cccc2sc3cccc(C)c3c12. The highest BCUT2D eigenvalue weighted by Crippen LogP contribution is 2.43. The molecule has 0 aliphatic heterocycles. The molecular formula is C98H84S7. The molecule has 0 fully saturated rings. The van der Waals surface area contributed by atoms with Gasteiger partial charge in [0.15, 0.2) is 0 Å². The molecule has 7 aromatic heterocycles. The Balaban J connectivity index is 0.0000000983. The van der Waals surface area contributed by atoms with Crippen LogP contribution in [0.2, 0.25) is 0 Å².